The predicted octanol–water partition coefficient (Wildman–Crippen LogP) is 4.97. The molecule has 0 fully saturated rings. The van der Waals surface area contributed by atoms with Crippen LogP contribution in [0.2, 0.25) is 0 Å². The van der Waals surface area contributed by atoms with Crippen LogP contribution >= 0.6 is 0 Å². The number of carbonyl (C=O) groups is 2. The number of aryl methyl sites for hydroxylation is 1. The first-order chi connectivity index (χ1) is 17.1. The van der Waals surface area contributed by atoms with Crippen LogP contribution in [0.1, 0.15) is 56.1 Å². The van der Waals surface area contributed by atoms with Crippen molar-refractivity contribution in [2.75, 3.05) is 21.3 Å². The highest BCUT2D eigenvalue weighted by Gasteiger charge is 2.61. The van der Waals surface area contributed by atoms with E-state index in [1.165, 1.54) is 33.4 Å². The molecule has 2 aromatic rings. The zero-order valence-corrected chi connectivity index (χ0v) is 22.4. The number of benzene rings is 2. The van der Waals surface area contributed by atoms with Gasteiger partial charge in [0.05, 0.1) is 24.8 Å². The Morgan fingerprint density at radius 2 is 1.56 bits per heavy atom. The molecule has 194 valence electrons. The van der Waals surface area contributed by atoms with Crippen molar-refractivity contribution in [1.82, 2.24) is 4.31 Å². The molecule has 0 aromatic heterocycles. The van der Waals surface area contributed by atoms with Crippen molar-refractivity contribution >= 4 is 22.0 Å². The Balaban J connectivity index is 2.33. The quantitative estimate of drug-likeness (QED) is 0.253. The van der Waals surface area contributed by atoms with Gasteiger partial charge in [0.25, 0.3) is 10.0 Å². The molecule has 0 radical (unpaired) electrons. The molecule has 8 heteroatoms. The summed E-state index contributed by atoms with van der Waals surface area (Å²) in [4.78, 5) is 26.9. The minimum absolute atomic E-state index is 0.0287. The van der Waals surface area contributed by atoms with Crippen molar-refractivity contribution in [3.63, 3.8) is 0 Å². The van der Waals surface area contributed by atoms with E-state index in [-0.39, 0.29) is 22.9 Å². The van der Waals surface area contributed by atoms with E-state index < -0.39 is 27.4 Å². The number of hydrogen-bond acceptors (Lipinski definition) is 6. The fraction of sp³-hybridized carbons (Fsp3) is 0.429. The second-order valence-corrected chi connectivity index (χ2v) is 11.1. The molecule has 0 saturated heterocycles. The average Bonchev–Trinajstić information content (AvgIpc) is 3.24. The molecule has 0 saturated carbocycles. The number of ether oxygens (including phenoxy) is 2. The molecular formula is C28H35NO6S. The fourth-order valence-corrected chi connectivity index (χ4v) is 6.39. The molecule has 0 amide bonds. The standard InChI is InChI=1S/C28H35NO6S/c1-6-7-9-14-23-24(21-12-10-8-11-13-21)19-28(26(30)34-4,27(31)35-5)25(23)29(3)36(32,33)22-17-15-20(2)16-18-22/h8,10-13,15-18,24H,6-7,9,14,19H2,1-5H3. The van der Waals surface area contributed by atoms with Crippen LogP contribution in [0.4, 0.5) is 0 Å². The van der Waals surface area contributed by atoms with E-state index in [1.807, 2.05) is 37.3 Å². The minimum atomic E-state index is -4.10. The Morgan fingerprint density at radius 3 is 2.08 bits per heavy atom. The lowest BCUT2D eigenvalue weighted by Crippen LogP contribution is -2.47. The van der Waals surface area contributed by atoms with Gasteiger partial charge in [0.2, 0.25) is 5.41 Å². The number of allylic oxidation sites excluding steroid dienone is 1. The van der Waals surface area contributed by atoms with Gasteiger partial charge in [-0.3, -0.25) is 13.9 Å². The van der Waals surface area contributed by atoms with Crippen LogP contribution in [-0.2, 0) is 29.1 Å². The summed E-state index contributed by atoms with van der Waals surface area (Å²) in [5, 5.41) is 0. The second kappa shape index (κ2) is 11.3. The fourth-order valence-electron chi connectivity index (χ4n) is 5.08. The van der Waals surface area contributed by atoms with Gasteiger partial charge in [-0.15, -0.1) is 0 Å². The number of nitrogens with zero attached hydrogens (tertiary/aromatic N) is 1. The number of sulfonamides is 1. The maximum absolute atomic E-state index is 13.8. The molecule has 0 N–H and O–H groups in total. The molecule has 0 bridgehead atoms. The number of unbranched alkanes of at least 4 members (excludes halogenated alkanes) is 2. The molecule has 0 aliphatic heterocycles. The summed E-state index contributed by atoms with van der Waals surface area (Å²) in [6.07, 6.45) is 3.24. The van der Waals surface area contributed by atoms with Gasteiger partial charge in [-0.05, 0) is 49.5 Å². The van der Waals surface area contributed by atoms with Crippen molar-refractivity contribution < 1.29 is 27.5 Å². The largest absolute Gasteiger partial charge is 0.468 e. The van der Waals surface area contributed by atoms with Crippen LogP contribution in [0.25, 0.3) is 0 Å². The molecule has 0 spiro atoms. The zero-order chi connectivity index (χ0) is 26.5. The third-order valence-corrected chi connectivity index (χ3v) is 8.72. The van der Waals surface area contributed by atoms with Crippen LogP contribution < -0.4 is 0 Å². The molecule has 7 nitrogen and oxygen atoms in total. The number of hydrogen-bond donors (Lipinski definition) is 0. The third kappa shape index (κ3) is 4.91. The molecule has 1 aliphatic rings. The monoisotopic (exact) mass is 513 g/mol. The van der Waals surface area contributed by atoms with Gasteiger partial charge in [-0.1, -0.05) is 67.8 Å². The van der Waals surface area contributed by atoms with Gasteiger partial charge in [-0.2, -0.15) is 0 Å². The molecule has 3 rings (SSSR count). The molecule has 1 aliphatic carbocycles. The normalized spacial score (nSPS) is 17.1. The van der Waals surface area contributed by atoms with Gasteiger partial charge in [0.15, 0.2) is 0 Å². The topological polar surface area (TPSA) is 90.0 Å². The van der Waals surface area contributed by atoms with E-state index in [2.05, 4.69) is 6.92 Å². The number of esters is 2. The number of carbonyl (C=O) groups excluding carboxylic acids is 2. The molecule has 1 atom stereocenters. The highest BCUT2D eigenvalue weighted by molar-refractivity contribution is 7.89. The third-order valence-electron chi connectivity index (χ3n) is 6.95. The molecule has 0 heterocycles. The van der Waals surface area contributed by atoms with E-state index in [9.17, 15) is 18.0 Å². The van der Waals surface area contributed by atoms with Crippen molar-refractivity contribution in [1.29, 1.82) is 0 Å². The van der Waals surface area contributed by atoms with Crippen molar-refractivity contribution in [3.05, 3.63) is 77.0 Å². The van der Waals surface area contributed by atoms with E-state index in [4.69, 9.17) is 9.47 Å². The summed E-state index contributed by atoms with van der Waals surface area (Å²) in [6.45, 7) is 3.95. The lowest BCUT2D eigenvalue weighted by Gasteiger charge is -2.33. The van der Waals surface area contributed by atoms with Gasteiger partial charge in [0.1, 0.15) is 0 Å². The van der Waals surface area contributed by atoms with E-state index in [1.54, 1.807) is 12.1 Å². The van der Waals surface area contributed by atoms with Crippen LogP contribution in [0.5, 0.6) is 0 Å². The first-order valence-electron chi connectivity index (χ1n) is 12.2. The van der Waals surface area contributed by atoms with Gasteiger partial charge in [-0.25, -0.2) is 8.42 Å². The Kier molecular flexibility index (Phi) is 8.61. The Bertz CT molecular complexity index is 1200. The van der Waals surface area contributed by atoms with Gasteiger partial charge < -0.3 is 9.47 Å². The van der Waals surface area contributed by atoms with Crippen molar-refractivity contribution in [3.8, 4) is 0 Å². The van der Waals surface area contributed by atoms with Crippen molar-refractivity contribution in [2.45, 2.75) is 56.8 Å². The first kappa shape index (κ1) is 27.5. The van der Waals surface area contributed by atoms with Crippen LogP contribution in [0, 0.1) is 12.3 Å². The summed E-state index contributed by atoms with van der Waals surface area (Å²) in [6, 6.07) is 16.0. The number of methoxy groups -OCH3 is 2. The maximum Gasteiger partial charge on any atom is 0.329 e. The average molecular weight is 514 g/mol. The predicted molar refractivity (Wildman–Crippen MR) is 138 cm³/mol. The highest BCUT2D eigenvalue weighted by Crippen LogP contribution is 2.55. The lowest BCUT2D eigenvalue weighted by atomic mass is 9.81. The SMILES string of the molecule is CCCCCC1=C(N(C)S(=O)(=O)c2ccc(C)cc2)C(C(=O)OC)(C(=O)OC)CC1c1ccccc1. The molecule has 36 heavy (non-hydrogen) atoms. The molecule has 2 aromatic carbocycles. The smallest absolute Gasteiger partial charge is 0.329 e. The summed E-state index contributed by atoms with van der Waals surface area (Å²) in [7, 11) is -0.302. The van der Waals surface area contributed by atoms with E-state index in [0.717, 1.165) is 40.3 Å². The lowest BCUT2D eigenvalue weighted by molar-refractivity contribution is -0.166. The first-order valence-corrected chi connectivity index (χ1v) is 13.6. The van der Waals surface area contributed by atoms with E-state index in [0.29, 0.717) is 6.42 Å². The second-order valence-electron chi connectivity index (χ2n) is 9.17. The van der Waals surface area contributed by atoms with Crippen LogP contribution in [0.3, 0.4) is 0 Å². The Hall–Kier alpha value is -3.13. The van der Waals surface area contributed by atoms with Gasteiger partial charge in [0, 0.05) is 13.0 Å². The van der Waals surface area contributed by atoms with Crippen LogP contribution in [0.15, 0.2) is 70.8 Å². The van der Waals surface area contributed by atoms with Gasteiger partial charge >= 0.3 is 11.9 Å². The van der Waals surface area contributed by atoms with Crippen molar-refractivity contribution in [2.24, 2.45) is 5.41 Å². The van der Waals surface area contributed by atoms with E-state index >= 15 is 0 Å². The Morgan fingerprint density at radius 1 is 0.972 bits per heavy atom. The number of rotatable bonds is 10. The Labute approximate surface area is 214 Å². The summed E-state index contributed by atoms with van der Waals surface area (Å²) in [5.74, 6) is -2.02. The highest BCUT2D eigenvalue weighted by atomic mass is 32.2. The zero-order valence-electron chi connectivity index (χ0n) is 21.6. The summed E-state index contributed by atoms with van der Waals surface area (Å²) < 4.78 is 39.1. The summed E-state index contributed by atoms with van der Waals surface area (Å²) in [5.41, 5.74) is 0.769. The molecule has 1 unspecified atom stereocenters. The minimum Gasteiger partial charge on any atom is -0.468 e. The summed E-state index contributed by atoms with van der Waals surface area (Å²) >= 11 is 0. The molecular weight excluding hydrogens is 478 g/mol. The maximum atomic E-state index is 13.8. The van der Waals surface area contributed by atoms with Crippen LogP contribution in [-0.4, -0.2) is 45.9 Å².